The summed E-state index contributed by atoms with van der Waals surface area (Å²) < 4.78 is 130. The second-order valence-corrected chi connectivity index (χ2v) is 25.7. The number of alkyl halides is 6. The second kappa shape index (κ2) is 20.9. The van der Waals surface area contributed by atoms with E-state index < -0.39 is 35.1 Å². The van der Waals surface area contributed by atoms with Crippen LogP contribution in [0.3, 0.4) is 0 Å². The van der Waals surface area contributed by atoms with Crippen molar-refractivity contribution in [2.24, 2.45) is 0 Å². The summed E-state index contributed by atoms with van der Waals surface area (Å²) in [5, 5.41) is 11.3. The summed E-state index contributed by atoms with van der Waals surface area (Å²) in [6.45, 7) is 0. The van der Waals surface area contributed by atoms with Crippen LogP contribution in [0, 0.1) is 11.6 Å². The van der Waals surface area contributed by atoms with Crippen molar-refractivity contribution in [1.82, 2.24) is 27.4 Å². The molecule has 478 valence electrons. The number of para-hydroxylation sites is 6. The highest BCUT2D eigenvalue weighted by Crippen LogP contribution is 2.46. The van der Waals surface area contributed by atoms with Gasteiger partial charge in [-0.3, -0.25) is 0 Å². The molecule has 0 spiro atoms. The van der Waals surface area contributed by atoms with Crippen LogP contribution in [0.25, 0.3) is 176 Å². The third kappa shape index (κ3) is 8.36. The lowest BCUT2D eigenvalue weighted by atomic mass is 10.0. The number of hydrogen-bond donors (Lipinski definition) is 0. The summed E-state index contributed by atoms with van der Waals surface area (Å²) in [7, 11) is 0. The number of fused-ring (bicyclic) bond motifs is 18. The minimum atomic E-state index is -4.74. The maximum atomic E-state index is 16.4. The number of halogens is 8. The first-order chi connectivity index (χ1) is 48.7. The highest BCUT2D eigenvalue weighted by molar-refractivity contribution is 6.17. The molecule has 0 aliphatic rings. The fourth-order valence-electron chi connectivity index (χ4n) is 16.1. The first kappa shape index (κ1) is 57.6. The van der Waals surface area contributed by atoms with Crippen LogP contribution >= 0.6 is 0 Å². The van der Waals surface area contributed by atoms with Gasteiger partial charge in [0.05, 0.1) is 88.7 Å². The van der Waals surface area contributed by atoms with Crippen LogP contribution in [0.5, 0.6) is 0 Å². The van der Waals surface area contributed by atoms with Crippen molar-refractivity contribution in [3.05, 3.63) is 314 Å². The lowest BCUT2D eigenvalue weighted by Gasteiger charge is -2.14. The molecule has 14 aromatic carbocycles. The fourth-order valence-corrected chi connectivity index (χ4v) is 16.1. The summed E-state index contributed by atoms with van der Waals surface area (Å²) in [5.74, 6) is -1.80. The van der Waals surface area contributed by atoms with Gasteiger partial charge in [0.2, 0.25) is 0 Å². The van der Waals surface area contributed by atoms with E-state index in [2.05, 4.69) is 152 Å². The average molecular weight is 1320 g/mol. The monoisotopic (exact) mass is 1320 g/mol. The van der Waals surface area contributed by atoms with E-state index >= 15 is 8.78 Å². The third-order valence-electron chi connectivity index (χ3n) is 20.4. The van der Waals surface area contributed by atoms with Crippen molar-refractivity contribution in [2.45, 2.75) is 12.4 Å². The van der Waals surface area contributed by atoms with Crippen molar-refractivity contribution in [2.75, 3.05) is 0 Å². The van der Waals surface area contributed by atoms with E-state index in [0.717, 1.165) is 162 Å². The van der Waals surface area contributed by atoms with Gasteiger partial charge in [0.1, 0.15) is 11.6 Å². The molecule has 6 heterocycles. The van der Waals surface area contributed by atoms with Crippen molar-refractivity contribution >= 4 is 131 Å². The molecule has 0 aliphatic heterocycles. The number of benzene rings is 14. The molecular weight excluding hydrogens is 1270 g/mol. The molecule has 6 aromatic heterocycles. The highest BCUT2D eigenvalue weighted by atomic mass is 19.4. The Hall–Kier alpha value is -12.7. The molecular formula is C86H48F8N6. The van der Waals surface area contributed by atoms with Gasteiger partial charge in [-0.15, -0.1) is 0 Å². The molecule has 20 aromatic rings. The lowest BCUT2D eigenvalue weighted by molar-refractivity contribution is -0.138. The fraction of sp³-hybridized carbons (Fsp3) is 0.0233. The van der Waals surface area contributed by atoms with Gasteiger partial charge >= 0.3 is 12.4 Å². The average Bonchev–Trinajstić information content (AvgIpc) is 1.57. The predicted octanol–water partition coefficient (Wildman–Crippen LogP) is 24.3. The Labute approximate surface area is 562 Å². The Kier molecular flexibility index (Phi) is 12.0. The Morgan fingerprint density at radius 2 is 0.450 bits per heavy atom. The van der Waals surface area contributed by atoms with Gasteiger partial charge in [-0.1, -0.05) is 121 Å². The maximum absolute atomic E-state index is 16.4. The molecule has 14 heteroatoms. The summed E-state index contributed by atoms with van der Waals surface area (Å²) >= 11 is 0. The first-order valence-corrected chi connectivity index (χ1v) is 32.7. The van der Waals surface area contributed by atoms with E-state index in [1.165, 1.54) is 6.07 Å². The highest BCUT2D eigenvalue weighted by Gasteiger charge is 2.34. The van der Waals surface area contributed by atoms with Gasteiger partial charge < -0.3 is 27.4 Å². The lowest BCUT2D eigenvalue weighted by Crippen LogP contribution is -2.07. The van der Waals surface area contributed by atoms with Crippen LogP contribution in [-0.2, 0) is 12.4 Å². The number of nitrogens with zero attached hydrogens (tertiary/aromatic N) is 6. The smallest absolute Gasteiger partial charge is 0.309 e. The molecule has 0 bridgehead atoms. The second-order valence-electron chi connectivity index (χ2n) is 25.7. The molecule has 0 saturated heterocycles. The summed E-state index contributed by atoms with van der Waals surface area (Å²) in [6, 6.07) is 91.1. The van der Waals surface area contributed by atoms with E-state index in [1.807, 2.05) is 121 Å². The zero-order chi connectivity index (χ0) is 67.2. The largest absolute Gasteiger partial charge is 0.416 e. The topological polar surface area (TPSA) is 29.6 Å². The molecule has 6 nitrogen and oxygen atoms in total. The van der Waals surface area contributed by atoms with Gasteiger partial charge in [-0.2, -0.15) is 26.3 Å². The third-order valence-corrected chi connectivity index (χ3v) is 20.4. The van der Waals surface area contributed by atoms with Gasteiger partial charge in [-0.05, 0) is 181 Å². The van der Waals surface area contributed by atoms with E-state index in [9.17, 15) is 26.3 Å². The van der Waals surface area contributed by atoms with Crippen LogP contribution in [0.4, 0.5) is 35.1 Å². The summed E-state index contributed by atoms with van der Waals surface area (Å²) in [6.07, 6.45) is -9.45. The van der Waals surface area contributed by atoms with E-state index in [1.54, 1.807) is 9.13 Å². The molecule has 0 N–H and O–H groups in total. The SMILES string of the molecule is Fc1cc(C(F)(F)F)ccc1-n1c2ccc(-n3c4ccccc4c4ccccc43)cc2c2cc(-n3c4ccccc4c4cc(-c5ccc6c(c5)c5ccccc5n6-c5ccc6c(c5)c5cc(-n7c8ccccc8c8ccccc87)ccc5n6-c5cc(C(F)(F)F)ccc5F)ccc43)ccc21. The molecule has 0 fully saturated rings. The zero-order valence-electron chi connectivity index (χ0n) is 52.4. The van der Waals surface area contributed by atoms with Crippen molar-refractivity contribution < 1.29 is 35.1 Å². The van der Waals surface area contributed by atoms with E-state index in [-0.39, 0.29) is 11.4 Å². The van der Waals surface area contributed by atoms with Crippen LogP contribution < -0.4 is 0 Å². The van der Waals surface area contributed by atoms with Crippen molar-refractivity contribution in [3.63, 3.8) is 0 Å². The number of rotatable bonds is 7. The Morgan fingerprint density at radius 1 is 0.190 bits per heavy atom. The molecule has 0 radical (unpaired) electrons. The van der Waals surface area contributed by atoms with Crippen LogP contribution in [0.1, 0.15) is 11.1 Å². The molecule has 0 saturated carbocycles. The quantitative estimate of drug-likeness (QED) is 0.142. The van der Waals surface area contributed by atoms with Gasteiger partial charge in [-0.25, -0.2) is 8.78 Å². The Morgan fingerprint density at radius 3 is 0.780 bits per heavy atom. The standard InChI is InChI=1S/C86H48F8N6/c87-69-33-27-52(86(92,93)94)44-84(69)100-81-39-31-54(96-73-21-9-3-15-59(73)60-16-4-10-22-74(60)96)46-67(81)68-48-56(32-40-82(68)100)98-76-24-12-6-18-62(76)64-42-50(26-35-78(64)98)49-25-34-77-63(41-49)61-17-5-11-23-75(61)97(77)55-30-38-80-66(47-55)65-45-53(95-71-19-7-1-13-57(71)58-14-2-8-20-72(58)95)29-37-79(65)99(80)83-36-28-51(43-70(83)88)85(89,90)91/h1-48H. The summed E-state index contributed by atoms with van der Waals surface area (Å²) in [5.41, 5.74) is 13.0. The number of aromatic nitrogens is 6. The molecule has 0 atom stereocenters. The Balaban J connectivity index is 0.738. The molecule has 100 heavy (non-hydrogen) atoms. The predicted molar refractivity (Wildman–Crippen MR) is 388 cm³/mol. The number of hydrogen-bond acceptors (Lipinski definition) is 0. The van der Waals surface area contributed by atoms with Crippen molar-refractivity contribution in [3.8, 4) is 45.3 Å². The van der Waals surface area contributed by atoms with Crippen LogP contribution in [0.15, 0.2) is 291 Å². The normalized spacial score (nSPS) is 12.6. The molecule has 0 unspecified atom stereocenters. The van der Waals surface area contributed by atoms with Gasteiger partial charge in [0.25, 0.3) is 0 Å². The van der Waals surface area contributed by atoms with E-state index in [4.69, 9.17) is 0 Å². The molecule has 0 amide bonds. The van der Waals surface area contributed by atoms with Gasteiger partial charge in [0, 0.05) is 87.4 Å². The van der Waals surface area contributed by atoms with E-state index in [0.29, 0.717) is 33.5 Å². The summed E-state index contributed by atoms with van der Waals surface area (Å²) in [4.78, 5) is 0. The zero-order valence-corrected chi connectivity index (χ0v) is 52.4. The van der Waals surface area contributed by atoms with Crippen LogP contribution in [-0.4, -0.2) is 27.4 Å². The maximum Gasteiger partial charge on any atom is 0.416 e. The van der Waals surface area contributed by atoms with Crippen molar-refractivity contribution in [1.29, 1.82) is 0 Å². The minimum Gasteiger partial charge on any atom is -0.309 e. The molecule has 0 aliphatic carbocycles. The molecule has 20 rings (SSSR count). The minimum absolute atomic E-state index is 0.0110. The van der Waals surface area contributed by atoms with Crippen LogP contribution in [0.2, 0.25) is 0 Å². The first-order valence-electron chi connectivity index (χ1n) is 32.7. The van der Waals surface area contributed by atoms with Gasteiger partial charge in [0.15, 0.2) is 0 Å². The Bertz CT molecular complexity index is 6820.